The zero-order valence-corrected chi connectivity index (χ0v) is 13.2. The highest BCUT2D eigenvalue weighted by molar-refractivity contribution is 5.90. The molecule has 1 aromatic rings. The van der Waals surface area contributed by atoms with Crippen molar-refractivity contribution < 1.29 is 27.4 Å². The van der Waals surface area contributed by atoms with E-state index < -0.39 is 11.7 Å². The van der Waals surface area contributed by atoms with Crippen LogP contribution in [0.25, 0.3) is 0 Å². The van der Waals surface area contributed by atoms with E-state index in [2.05, 4.69) is 5.32 Å². The number of hydrogen-bond donors (Lipinski definition) is 1. The standard InChI is InChI=1S/C16H19F3N2O3/c1-23-14-6-12(2-3-13(14)16(17,18)19)20-15(22)21-7-11(8-21)10-4-5-24-9-10/h2-3,6,10-11H,4-5,7-9H2,1H3,(H,20,22). The normalized spacial score (nSPS) is 21.5. The molecule has 24 heavy (non-hydrogen) atoms. The highest BCUT2D eigenvalue weighted by Crippen LogP contribution is 2.37. The van der Waals surface area contributed by atoms with Gasteiger partial charge in [-0.15, -0.1) is 0 Å². The van der Waals surface area contributed by atoms with Crippen molar-refractivity contribution in [1.82, 2.24) is 4.90 Å². The minimum absolute atomic E-state index is 0.275. The minimum Gasteiger partial charge on any atom is -0.496 e. The molecule has 2 saturated heterocycles. The van der Waals surface area contributed by atoms with Gasteiger partial charge < -0.3 is 19.7 Å². The third kappa shape index (κ3) is 3.43. The van der Waals surface area contributed by atoms with E-state index in [-0.39, 0.29) is 17.5 Å². The van der Waals surface area contributed by atoms with Gasteiger partial charge >= 0.3 is 12.2 Å². The Morgan fingerprint density at radius 3 is 2.67 bits per heavy atom. The number of methoxy groups -OCH3 is 1. The van der Waals surface area contributed by atoms with Gasteiger partial charge in [-0.3, -0.25) is 0 Å². The van der Waals surface area contributed by atoms with Crippen molar-refractivity contribution in [2.24, 2.45) is 11.8 Å². The zero-order valence-electron chi connectivity index (χ0n) is 13.2. The summed E-state index contributed by atoms with van der Waals surface area (Å²) >= 11 is 0. The van der Waals surface area contributed by atoms with Crippen LogP contribution in [0.2, 0.25) is 0 Å². The molecule has 2 heterocycles. The first-order valence-electron chi connectivity index (χ1n) is 7.77. The van der Waals surface area contributed by atoms with Crippen LogP contribution in [-0.4, -0.2) is 44.3 Å². The van der Waals surface area contributed by atoms with Crippen LogP contribution in [0.4, 0.5) is 23.7 Å². The molecule has 2 aliphatic heterocycles. The van der Waals surface area contributed by atoms with Crippen molar-refractivity contribution in [3.05, 3.63) is 23.8 Å². The van der Waals surface area contributed by atoms with Crippen LogP contribution in [0, 0.1) is 11.8 Å². The second-order valence-electron chi connectivity index (χ2n) is 6.13. The Bertz CT molecular complexity index is 609. The van der Waals surface area contributed by atoms with Crippen LogP contribution < -0.4 is 10.1 Å². The summed E-state index contributed by atoms with van der Waals surface area (Å²) in [6.45, 7) is 2.82. The molecule has 1 atom stereocenters. The predicted octanol–water partition coefficient (Wildman–Crippen LogP) is 3.21. The van der Waals surface area contributed by atoms with Gasteiger partial charge in [0.25, 0.3) is 0 Å². The van der Waals surface area contributed by atoms with Gasteiger partial charge in [0.05, 0.1) is 12.7 Å². The van der Waals surface area contributed by atoms with Gasteiger partial charge in [0.1, 0.15) is 5.75 Å². The van der Waals surface area contributed by atoms with Crippen molar-refractivity contribution >= 4 is 11.7 Å². The number of ether oxygens (including phenoxy) is 2. The highest BCUT2D eigenvalue weighted by Gasteiger charge is 2.38. The number of rotatable bonds is 3. The van der Waals surface area contributed by atoms with E-state index in [9.17, 15) is 18.0 Å². The van der Waals surface area contributed by atoms with Gasteiger partial charge in [-0.2, -0.15) is 13.2 Å². The monoisotopic (exact) mass is 344 g/mol. The number of likely N-dealkylation sites (tertiary alicyclic amines) is 1. The lowest BCUT2D eigenvalue weighted by Crippen LogP contribution is -2.54. The van der Waals surface area contributed by atoms with Crippen molar-refractivity contribution in [3.63, 3.8) is 0 Å². The smallest absolute Gasteiger partial charge is 0.419 e. The fourth-order valence-electron chi connectivity index (χ4n) is 3.11. The first-order valence-corrected chi connectivity index (χ1v) is 7.77. The summed E-state index contributed by atoms with van der Waals surface area (Å²) in [6.07, 6.45) is -3.47. The second kappa shape index (κ2) is 6.51. The van der Waals surface area contributed by atoms with Crippen LogP contribution in [0.1, 0.15) is 12.0 Å². The Morgan fingerprint density at radius 2 is 2.08 bits per heavy atom. The number of alkyl halides is 3. The second-order valence-corrected chi connectivity index (χ2v) is 6.13. The number of benzene rings is 1. The molecule has 1 N–H and O–H groups in total. The summed E-state index contributed by atoms with van der Waals surface area (Å²) in [5.74, 6) is 0.630. The molecule has 1 unspecified atom stereocenters. The van der Waals surface area contributed by atoms with Crippen molar-refractivity contribution in [2.75, 3.05) is 38.7 Å². The number of nitrogens with one attached hydrogen (secondary N) is 1. The number of anilines is 1. The molecule has 0 saturated carbocycles. The topological polar surface area (TPSA) is 50.8 Å². The van der Waals surface area contributed by atoms with E-state index in [0.717, 1.165) is 25.7 Å². The summed E-state index contributed by atoms with van der Waals surface area (Å²) in [5, 5.41) is 2.62. The molecule has 3 rings (SSSR count). The summed E-state index contributed by atoms with van der Waals surface area (Å²) in [6, 6.07) is 3.00. The van der Waals surface area contributed by atoms with E-state index >= 15 is 0 Å². The first-order chi connectivity index (χ1) is 11.4. The summed E-state index contributed by atoms with van der Waals surface area (Å²) in [7, 11) is 1.17. The lowest BCUT2D eigenvalue weighted by atomic mass is 9.85. The molecule has 0 aliphatic carbocycles. The van der Waals surface area contributed by atoms with Gasteiger partial charge in [0, 0.05) is 38.1 Å². The Hall–Kier alpha value is -1.96. The predicted molar refractivity (Wildman–Crippen MR) is 81.0 cm³/mol. The van der Waals surface area contributed by atoms with E-state index in [1.165, 1.54) is 19.2 Å². The molecular formula is C16H19F3N2O3. The summed E-state index contributed by atoms with van der Waals surface area (Å²) in [5.41, 5.74) is -0.592. The van der Waals surface area contributed by atoms with Crippen molar-refractivity contribution in [2.45, 2.75) is 12.6 Å². The molecule has 0 spiro atoms. The maximum atomic E-state index is 12.8. The van der Waals surface area contributed by atoms with Gasteiger partial charge in [-0.25, -0.2) is 4.79 Å². The largest absolute Gasteiger partial charge is 0.496 e. The molecule has 1 aromatic carbocycles. The summed E-state index contributed by atoms with van der Waals surface area (Å²) < 4.78 is 48.6. The Morgan fingerprint density at radius 1 is 1.33 bits per heavy atom. The summed E-state index contributed by atoms with van der Waals surface area (Å²) in [4.78, 5) is 13.8. The Balaban J connectivity index is 1.59. The highest BCUT2D eigenvalue weighted by atomic mass is 19.4. The van der Waals surface area contributed by atoms with Gasteiger partial charge in [-0.05, 0) is 30.4 Å². The SMILES string of the molecule is COc1cc(NC(=O)N2CC(C3CCOC3)C2)ccc1C(F)(F)F. The number of urea groups is 1. The molecular weight excluding hydrogens is 325 g/mol. The molecule has 132 valence electrons. The van der Waals surface area contributed by atoms with E-state index in [4.69, 9.17) is 9.47 Å². The lowest BCUT2D eigenvalue weighted by Gasteiger charge is -2.41. The molecule has 2 amide bonds. The van der Waals surface area contributed by atoms with Crippen molar-refractivity contribution in [1.29, 1.82) is 0 Å². The Labute approximate surface area is 137 Å². The average molecular weight is 344 g/mol. The number of carbonyl (C=O) groups excluding carboxylic acids is 1. The minimum atomic E-state index is -4.50. The van der Waals surface area contributed by atoms with Crippen molar-refractivity contribution in [3.8, 4) is 5.75 Å². The van der Waals surface area contributed by atoms with E-state index in [0.29, 0.717) is 24.9 Å². The van der Waals surface area contributed by atoms with Gasteiger partial charge in [-0.1, -0.05) is 0 Å². The van der Waals surface area contributed by atoms with Gasteiger partial charge in [0.15, 0.2) is 0 Å². The quantitative estimate of drug-likeness (QED) is 0.916. The van der Waals surface area contributed by atoms with Crippen LogP contribution >= 0.6 is 0 Å². The molecule has 2 aliphatic rings. The molecule has 5 nitrogen and oxygen atoms in total. The third-order valence-electron chi connectivity index (χ3n) is 4.59. The Kier molecular flexibility index (Phi) is 4.58. The van der Waals surface area contributed by atoms with Crippen LogP contribution in [-0.2, 0) is 10.9 Å². The lowest BCUT2D eigenvalue weighted by molar-refractivity contribution is -0.138. The maximum Gasteiger partial charge on any atom is 0.419 e. The molecule has 0 aromatic heterocycles. The fourth-order valence-corrected chi connectivity index (χ4v) is 3.11. The molecule has 0 bridgehead atoms. The fraction of sp³-hybridized carbons (Fsp3) is 0.562. The molecule has 8 heteroatoms. The van der Waals surface area contributed by atoms with Gasteiger partial charge in [0.2, 0.25) is 0 Å². The zero-order chi connectivity index (χ0) is 17.3. The van der Waals surface area contributed by atoms with Crippen LogP contribution in [0.5, 0.6) is 5.75 Å². The molecule has 2 fully saturated rings. The number of carbonyl (C=O) groups is 1. The van der Waals surface area contributed by atoms with Crippen LogP contribution in [0.3, 0.4) is 0 Å². The van der Waals surface area contributed by atoms with E-state index in [1.807, 2.05) is 0 Å². The number of hydrogen-bond acceptors (Lipinski definition) is 3. The first kappa shape index (κ1) is 16.9. The third-order valence-corrected chi connectivity index (χ3v) is 4.59. The molecule has 0 radical (unpaired) electrons. The number of amides is 2. The number of halogens is 3. The van der Waals surface area contributed by atoms with Crippen LogP contribution in [0.15, 0.2) is 18.2 Å². The van der Waals surface area contributed by atoms with E-state index in [1.54, 1.807) is 4.90 Å². The maximum absolute atomic E-state index is 12.8. The number of nitrogens with zero attached hydrogens (tertiary/aromatic N) is 1. The average Bonchev–Trinajstić information content (AvgIpc) is 2.98.